The molecule has 0 bridgehead atoms. The van der Waals surface area contributed by atoms with Gasteiger partial charge >= 0.3 is 0 Å². The van der Waals surface area contributed by atoms with Crippen LogP contribution in [0, 0.1) is 13.8 Å². The van der Waals surface area contributed by atoms with Crippen molar-refractivity contribution in [2.75, 3.05) is 25.0 Å². The second-order valence-corrected chi connectivity index (χ2v) is 5.88. The molecular formula is C16H23N3O3. The van der Waals surface area contributed by atoms with Crippen molar-refractivity contribution in [2.45, 2.75) is 33.0 Å². The Bertz CT molecular complexity index is 574. The first-order chi connectivity index (χ1) is 10.3. The summed E-state index contributed by atoms with van der Waals surface area (Å²) in [6, 6.07) is 5.81. The van der Waals surface area contributed by atoms with Crippen LogP contribution in [0.4, 0.5) is 5.69 Å². The Kier molecular flexibility index (Phi) is 5.15. The Morgan fingerprint density at radius 2 is 2.05 bits per heavy atom. The van der Waals surface area contributed by atoms with E-state index in [1.54, 1.807) is 0 Å². The minimum absolute atomic E-state index is 0.111. The lowest BCUT2D eigenvalue weighted by atomic mass is 10.1. The van der Waals surface area contributed by atoms with Crippen LogP contribution in [0.5, 0.6) is 0 Å². The number of rotatable bonds is 4. The van der Waals surface area contributed by atoms with Crippen molar-refractivity contribution in [1.29, 1.82) is 0 Å². The van der Waals surface area contributed by atoms with E-state index < -0.39 is 12.0 Å². The standard InChI is InChI=1S/C16H23N3O3/c1-10-4-5-13(6-11(10)2)18-15(20)9-19-7-12(3)22-14(8-19)16(17)21/h4-6,12,14H,7-9H2,1-3H3,(H2,17,21)(H,18,20)/t12-,14+/m1/s1. The molecule has 0 radical (unpaired) electrons. The highest BCUT2D eigenvalue weighted by molar-refractivity contribution is 5.92. The maximum absolute atomic E-state index is 12.2. The molecule has 6 heteroatoms. The van der Waals surface area contributed by atoms with Gasteiger partial charge in [-0.1, -0.05) is 6.07 Å². The quantitative estimate of drug-likeness (QED) is 0.862. The number of carbonyl (C=O) groups excluding carboxylic acids is 2. The van der Waals surface area contributed by atoms with E-state index in [-0.39, 0.29) is 18.6 Å². The van der Waals surface area contributed by atoms with Gasteiger partial charge in [0.2, 0.25) is 11.8 Å². The van der Waals surface area contributed by atoms with Crippen molar-refractivity contribution in [3.8, 4) is 0 Å². The first-order valence-electron chi connectivity index (χ1n) is 7.39. The molecule has 0 spiro atoms. The SMILES string of the molecule is Cc1ccc(NC(=O)CN2C[C@@H](C)O[C@H](C(N)=O)C2)cc1C. The van der Waals surface area contributed by atoms with Crippen LogP contribution in [0.15, 0.2) is 18.2 Å². The topological polar surface area (TPSA) is 84.7 Å². The van der Waals surface area contributed by atoms with Crippen LogP contribution < -0.4 is 11.1 Å². The fraction of sp³-hybridized carbons (Fsp3) is 0.500. The summed E-state index contributed by atoms with van der Waals surface area (Å²) in [5.41, 5.74) is 8.38. The number of nitrogens with two attached hydrogens (primary N) is 1. The zero-order valence-corrected chi connectivity index (χ0v) is 13.3. The number of hydrogen-bond acceptors (Lipinski definition) is 4. The molecule has 1 heterocycles. The molecule has 6 nitrogen and oxygen atoms in total. The van der Waals surface area contributed by atoms with Crippen LogP contribution in [-0.4, -0.2) is 48.6 Å². The summed E-state index contributed by atoms with van der Waals surface area (Å²) in [6.07, 6.45) is -0.779. The van der Waals surface area contributed by atoms with Crippen LogP contribution in [0.3, 0.4) is 0 Å². The number of aryl methyl sites for hydroxylation is 2. The van der Waals surface area contributed by atoms with E-state index in [2.05, 4.69) is 5.32 Å². The van der Waals surface area contributed by atoms with Gasteiger partial charge < -0.3 is 15.8 Å². The third-order valence-corrected chi connectivity index (χ3v) is 3.81. The number of nitrogens with one attached hydrogen (secondary N) is 1. The van der Waals surface area contributed by atoms with E-state index >= 15 is 0 Å². The molecule has 2 rings (SSSR count). The molecule has 0 aliphatic carbocycles. The van der Waals surface area contributed by atoms with Crippen molar-refractivity contribution in [1.82, 2.24) is 4.90 Å². The maximum atomic E-state index is 12.2. The van der Waals surface area contributed by atoms with Crippen LogP contribution in [0.25, 0.3) is 0 Å². The number of ether oxygens (including phenoxy) is 1. The summed E-state index contributed by atoms with van der Waals surface area (Å²) in [6.45, 7) is 7.06. The third-order valence-electron chi connectivity index (χ3n) is 3.81. The summed E-state index contributed by atoms with van der Waals surface area (Å²) in [5.74, 6) is -0.605. The number of morpholine rings is 1. The van der Waals surface area contributed by atoms with E-state index in [0.717, 1.165) is 11.3 Å². The highest BCUT2D eigenvalue weighted by Gasteiger charge is 2.29. The molecule has 1 aliphatic rings. The molecule has 0 unspecified atom stereocenters. The van der Waals surface area contributed by atoms with Gasteiger partial charge in [-0.2, -0.15) is 0 Å². The number of carbonyl (C=O) groups is 2. The summed E-state index contributed by atoms with van der Waals surface area (Å²) >= 11 is 0. The van der Waals surface area contributed by atoms with Gasteiger partial charge in [-0.3, -0.25) is 14.5 Å². The van der Waals surface area contributed by atoms with Crippen molar-refractivity contribution >= 4 is 17.5 Å². The monoisotopic (exact) mass is 305 g/mol. The highest BCUT2D eigenvalue weighted by Crippen LogP contribution is 2.15. The average Bonchev–Trinajstić information content (AvgIpc) is 2.42. The van der Waals surface area contributed by atoms with Crippen LogP contribution >= 0.6 is 0 Å². The zero-order chi connectivity index (χ0) is 16.3. The van der Waals surface area contributed by atoms with Gasteiger partial charge in [0.1, 0.15) is 6.10 Å². The number of benzene rings is 1. The molecule has 22 heavy (non-hydrogen) atoms. The Hall–Kier alpha value is -1.92. The number of primary amides is 1. The lowest BCUT2D eigenvalue weighted by Crippen LogP contribution is -2.53. The lowest BCUT2D eigenvalue weighted by molar-refractivity contribution is -0.144. The summed E-state index contributed by atoms with van der Waals surface area (Å²) < 4.78 is 5.46. The van der Waals surface area contributed by atoms with Crippen molar-refractivity contribution in [3.63, 3.8) is 0 Å². The van der Waals surface area contributed by atoms with Gasteiger partial charge in [-0.25, -0.2) is 0 Å². The first kappa shape index (κ1) is 16.5. The maximum Gasteiger partial charge on any atom is 0.247 e. The normalized spacial score (nSPS) is 22.3. The van der Waals surface area contributed by atoms with Gasteiger partial charge in [0.25, 0.3) is 0 Å². The minimum atomic E-state index is -0.654. The van der Waals surface area contributed by atoms with E-state index in [9.17, 15) is 9.59 Å². The number of amides is 2. The van der Waals surface area contributed by atoms with Crippen LogP contribution in [0.1, 0.15) is 18.1 Å². The van der Waals surface area contributed by atoms with Crippen molar-refractivity contribution < 1.29 is 14.3 Å². The molecule has 0 saturated carbocycles. The highest BCUT2D eigenvalue weighted by atomic mass is 16.5. The predicted molar refractivity (Wildman–Crippen MR) is 84.5 cm³/mol. The predicted octanol–water partition coefficient (Wildman–Crippen LogP) is 0.817. The molecular weight excluding hydrogens is 282 g/mol. The molecule has 1 aromatic carbocycles. The van der Waals surface area contributed by atoms with Gasteiger partial charge in [0.05, 0.1) is 12.6 Å². The van der Waals surface area contributed by atoms with Crippen molar-refractivity contribution in [3.05, 3.63) is 29.3 Å². The van der Waals surface area contributed by atoms with Crippen LogP contribution in [-0.2, 0) is 14.3 Å². The van der Waals surface area contributed by atoms with Gasteiger partial charge in [0, 0.05) is 18.8 Å². The van der Waals surface area contributed by atoms with E-state index in [4.69, 9.17) is 10.5 Å². The van der Waals surface area contributed by atoms with Gasteiger partial charge in [-0.15, -0.1) is 0 Å². The molecule has 0 aromatic heterocycles. The summed E-state index contributed by atoms with van der Waals surface area (Å²) in [5, 5.41) is 2.88. The Morgan fingerprint density at radius 1 is 1.32 bits per heavy atom. The Morgan fingerprint density at radius 3 is 2.68 bits per heavy atom. The largest absolute Gasteiger partial charge is 0.367 e. The van der Waals surface area contributed by atoms with Gasteiger partial charge in [-0.05, 0) is 44.0 Å². The fourth-order valence-corrected chi connectivity index (χ4v) is 2.55. The number of hydrogen-bond donors (Lipinski definition) is 2. The fourth-order valence-electron chi connectivity index (χ4n) is 2.55. The first-order valence-corrected chi connectivity index (χ1v) is 7.39. The van der Waals surface area contributed by atoms with Crippen molar-refractivity contribution in [2.24, 2.45) is 5.73 Å². The van der Waals surface area contributed by atoms with E-state index in [1.807, 2.05) is 43.9 Å². The second-order valence-electron chi connectivity index (χ2n) is 5.88. The molecule has 1 saturated heterocycles. The average molecular weight is 305 g/mol. The molecule has 1 fully saturated rings. The Labute approximate surface area is 130 Å². The summed E-state index contributed by atoms with van der Waals surface area (Å²) in [7, 11) is 0. The van der Waals surface area contributed by atoms with E-state index in [1.165, 1.54) is 5.56 Å². The Balaban J connectivity index is 1.93. The molecule has 120 valence electrons. The minimum Gasteiger partial charge on any atom is -0.367 e. The van der Waals surface area contributed by atoms with Crippen LogP contribution in [0.2, 0.25) is 0 Å². The number of anilines is 1. The third kappa shape index (κ3) is 4.29. The number of nitrogens with zero attached hydrogens (tertiary/aromatic N) is 1. The zero-order valence-electron chi connectivity index (χ0n) is 13.3. The lowest BCUT2D eigenvalue weighted by Gasteiger charge is -2.34. The molecule has 1 aromatic rings. The van der Waals surface area contributed by atoms with Gasteiger partial charge in [0.15, 0.2) is 0 Å². The smallest absolute Gasteiger partial charge is 0.247 e. The molecule has 2 amide bonds. The summed E-state index contributed by atoms with van der Waals surface area (Å²) in [4.78, 5) is 25.3. The van der Waals surface area contributed by atoms with E-state index in [0.29, 0.717) is 13.1 Å². The second kappa shape index (κ2) is 6.89. The molecule has 3 N–H and O–H groups in total. The molecule has 1 aliphatic heterocycles. The molecule has 2 atom stereocenters.